The maximum atomic E-state index is 11.0. The third-order valence-electron chi connectivity index (χ3n) is 1.40. The molecule has 0 unspecified atom stereocenters. The first kappa shape index (κ1) is 12.9. The Balaban J connectivity index is 3.22. The van der Waals surface area contributed by atoms with Gasteiger partial charge in [0.05, 0.1) is 6.54 Å². The third kappa shape index (κ3) is 8.95. The summed E-state index contributed by atoms with van der Waals surface area (Å²) < 4.78 is 0. The Morgan fingerprint density at radius 3 is 2.71 bits per heavy atom. The van der Waals surface area contributed by atoms with Gasteiger partial charge in [0.1, 0.15) is 6.61 Å². The van der Waals surface area contributed by atoms with Gasteiger partial charge in [-0.1, -0.05) is 13.3 Å². The normalized spacial score (nSPS) is 9.79. The van der Waals surface area contributed by atoms with Crippen molar-refractivity contribution in [3.63, 3.8) is 0 Å². The molecule has 6 heteroatoms. The molecule has 0 spiro atoms. The second-order valence-corrected chi connectivity index (χ2v) is 2.78. The van der Waals surface area contributed by atoms with Crippen LogP contribution in [0.5, 0.6) is 0 Å². The van der Waals surface area contributed by atoms with Crippen LogP contribution in [0, 0.1) is 0 Å². The minimum Gasteiger partial charge on any atom is -0.368 e. The average Bonchev–Trinajstić information content (AvgIpc) is 2.13. The van der Waals surface area contributed by atoms with Gasteiger partial charge in [0.25, 0.3) is 0 Å². The number of primary amides is 1. The molecule has 0 bridgehead atoms. The molecule has 0 atom stereocenters. The van der Waals surface area contributed by atoms with Gasteiger partial charge in [0.15, 0.2) is 0 Å². The lowest BCUT2D eigenvalue weighted by Crippen LogP contribution is -2.35. The number of hydroxylamine groups is 1. The number of unbranched alkanes of at least 4 members (excludes halogenated alkanes) is 1. The third-order valence-corrected chi connectivity index (χ3v) is 1.40. The van der Waals surface area contributed by atoms with Crippen molar-refractivity contribution in [2.24, 2.45) is 5.73 Å². The van der Waals surface area contributed by atoms with Crippen molar-refractivity contribution in [1.29, 1.82) is 0 Å². The summed E-state index contributed by atoms with van der Waals surface area (Å²) in [5.74, 6) is -0.744. The van der Waals surface area contributed by atoms with Crippen LogP contribution in [0.25, 0.3) is 0 Å². The second kappa shape index (κ2) is 8.46. The molecule has 0 aliphatic heterocycles. The molecule has 0 saturated carbocycles. The molecule has 82 valence electrons. The first-order chi connectivity index (χ1) is 6.66. The number of amides is 2. The van der Waals surface area contributed by atoms with Gasteiger partial charge < -0.3 is 11.1 Å². The number of hydrogen-bond donors (Lipinski definition) is 3. The summed E-state index contributed by atoms with van der Waals surface area (Å²) in [6.45, 7) is 2.49. The van der Waals surface area contributed by atoms with Crippen LogP contribution in [0.3, 0.4) is 0 Å². The molecule has 0 aromatic carbocycles. The van der Waals surface area contributed by atoms with Crippen LogP contribution in [0.1, 0.15) is 19.8 Å². The van der Waals surface area contributed by atoms with Crippen LogP contribution in [-0.2, 0) is 14.4 Å². The molecule has 2 amide bonds. The quantitative estimate of drug-likeness (QED) is 0.345. The minimum atomic E-state index is -0.580. The first-order valence-corrected chi connectivity index (χ1v) is 4.56. The lowest BCUT2D eigenvalue weighted by molar-refractivity contribution is -0.129. The molecule has 0 aliphatic rings. The molecule has 0 aromatic rings. The summed E-state index contributed by atoms with van der Waals surface area (Å²) in [4.78, 5) is 25.8. The lowest BCUT2D eigenvalue weighted by atomic mass is 10.3. The van der Waals surface area contributed by atoms with E-state index in [4.69, 9.17) is 5.73 Å². The van der Waals surface area contributed by atoms with E-state index in [9.17, 15) is 9.59 Å². The highest BCUT2D eigenvalue weighted by atomic mass is 16.6. The van der Waals surface area contributed by atoms with E-state index in [2.05, 4.69) is 15.6 Å². The fraction of sp³-hybridized carbons (Fsp3) is 0.750. The molecule has 0 fully saturated rings. The van der Waals surface area contributed by atoms with E-state index in [1.165, 1.54) is 0 Å². The van der Waals surface area contributed by atoms with E-state index in [1.54, 1.807) is 0 Å². The summed E-state index contributed by atoms with van der Waals surface area (Å²) in [5, 5.41) is 2.67. The SMILES string of the molecule is CCCCNC(=O)CNOCC(N)=O. The molecule has 0 heterocycles. The minimum absolute atomic E-state index is 0.0248. The molecule has 0 aromatic heterocycles. The van der Waals surface area contributed by atoms with Gasteiger partial charge >= 0.3 is 0 Å². The predicted octanol–water partition coefficient (Wildman–Crippen LogP) is -1.09. The maximum absolute atomic E-state index is 11.0. The fourth-order valence-corrected chi connectivity index (χ4v) is 0.706. The molecule has 0 saturated heterocycles. The van der Waals surface area contributed by atoms with E-state index in [0.29, 0.717) is 6.54 Å². The monoisotopic (exact) mass is 203 g/mol. The number of rotatable bonds is 8. The lowest BCUT2D eigenvalue weighted by Gasteiger charge is -2.05. The number of nitrogens with one attached hydrogen (secondary N) is 2. The highest BCUT2D eigenvalue weighted by Gasteiger charge is 1.99. The first-order valence-electron chi connectivity index (χ1n) is 4.56. The molecule has 0 rings (SSSR count). The van der Waals surface area contributed by atoms with Crippen molar-refractivity contribution < 1.29 is 14.4 Å². The van der Waals surface area contributed by atoms with E-state index in [1.807, 2.05) is 6.92 Å². The van der Waals surface area contributed by atoms with Crippen molar-refractivity contribution in [1.82, 2.24) is 10.8 Å². The van der Waals surface area contributed by atoms with E-state index >= 15 is 0 Å². The van der Waals surface area contributed by atoms with Gasteiger partial charge in [0.2, 0.25) is 11.8 Å². The van der Waals surface area contributed by atoms with Crippen LogP contribution in [0.15, 0.2) is 0 Å². The Labute approximate surface area is 83.1 Å². The molecular weight excluding hydrogens is 186 g/mol. The molecule has 4 N–H and O–H groups in total. The van der Waals surface area contributed by atoms with Crippen molar-refractivity contribution in [2.45, 2.75) is 19.8 Å². The number of carbonyl (C=O) groups is 2. The Morgan fingerprint density at radius 2 is 2.14 bits per heavy atom. The molecule has 6 nitrogen and oxygen atoms in total. The molecule has 14 heavy (non-hydrogen) atoms. The average molecular weight is 203 g/mol. The zero-order chi connectivity index (χ0) is 10.8. The molecule has 0 radical (unpaired) electrons. The van der Waals surface area contributed by atoms with Crippen LogP contribution >= 0.6 is 0 Å². The number of hydrogen-bond acceptors (Lipinski definition) is 4. The van der Waals surface area contributed by atoms with Crippen LogP contribution < -0.4 is 16.5 Å². The van der Waals surface area contributed by atoms with Crippen LogP contribution in [0.4, 0.5) is 0 Å². The smallest absolute Gasteiger partial charge is 0.245 e. The van der Waals surface area contributed by atoms with E-state index in [-0.39, 0.29) is 19.1 Å². The number of nitrogens with two attached hydrogens (primary N) is 1. The number of carbonyl (C=O) groups excluding carboxylic acids is 2. The predicted molar refractivity (Wildman–Crippen MR) is 51.1 cm³/mol. The van der Waals surface area contributed by atoms with Gasteiger partial charge in [-0.3, -0.25) is 14.4 Å². The standard InChI is InChI=1S/C8H17N3O3/c1-2-3-4-10-8(13)5-11-14-6-7(9)12/h11H,2-6H2,1H3,(H2,9,12)(H,10,13). The largest absolute Gasteiger partial charge is 0.368 e. The van der Waals surface area contributed by atoms with E-state index in [0.717, 1.165) is 12.8 Å². The zero-order valence-corrected chi connectivity index (χ0v) is 8.34. The van der Waals surface area contributed by atoms with Gasteiger partial charge in [0, 0.05) is 6.54 Å². The highest BCUT2D eigenvalue weighted by molar-refractivity contribution is 5.78. The Morgan fingerprint density at radius 1 is 1.43 bits per heavy atom. The van der Waals surface area contributed by atoms with Gasteiger partial charge in [-0.15, -0.1) is 0 Å². The zero-order valence-electron chi connectivity index (χ0n) is 8.34. The molecule has 0 aliphatic carbocycles. The maximum Gasteiger partial charge on any atom is 0.245 e. The topological polar surface area (TPSA) is 93.4 Å². The highest BCUT2D eigenvalue weighted by Crippen LogP contribution is 1.81. The fourth-order valence-electron chi connectivity index (χ4n) is 0.706. The summed E-state index contributed by atoms with van der Waals surface area (Å²) in [6.07, 6.45) is 1.99. The van der Waals surface area contributed by atoms with Gasteiger partial charge in [-0.05, 0) is 6.42 Å². The summed E-state index contributed by atoms with van der Waals surface area (Å²) >= 11 is 0. The summed E-state index contributed by atoms with van der Waals surface area (Å²) in [5.41, 5.74) is 7.13. The summed E-state index contributed by atoms with van der Waals surface area (Å²) in [6, 6.07) is 0. The Bertz CT molecular complexity index is 185. The Hall–Kier alpha value is -1.14. The molecular formula is C8H17N3O3. The summed E-state index contributed by atoms with van der Waals surface area (Å²) in [7, 11) is 0. The van der Waals surface area contributed by atoms with Gasteiger partial charge in [-0.2, -0.15) is 5.48 Å². The van der Waals surface area contributed by atoms with Crippen molar-refractivity contribution in [3.8, 4) is 0 Å². The van der Waals surface area contributed by atoms with Crippen LogP contribution in [-0.4, -0.2) is 31.5 Å². The van der Waals surface area contributed by atoms with Crippen molar-refractivity contribution in [3.05, 3.63) is 0 Å². The second-order valence-electron chi connectivity index (χ2n) is 2.78. The Kier molecular flexibility index (Phi) is 7.77. The van der Waals surface area contributed by atoms with Crippen LogP contribution in [0.2, 0.25) is 0 Å². The van der Waals surface area contributed by atoms with E-state index < -0.39 is 5.91 Å². The van der Waals surface area contributed by atoms with Gasteiger partial charge in [-0.25, -0.2) is 0 Å². The van der Waals surface area contributed by atoms with Crippen molar-refractivity contribution >= 4 is 11.8 Å². The van der Waals surface area contributed by atoms with Crippen molar-refractivity contribution in [2.75, 3.05) is 19.7 Å².